The maximum absolute atomic E-state index is 12.3. The van der Waals surface area contributed by atoms with Crippen molar-refractivity contribution in [2.24, 2.45) is 0 Å². The predicted molar refractivity (Wildman–Crippen MR) is 75.1 cm³/mol. The number of rotatable bonds is 2. The molecule has 0 bridgehead atoms. The molecule has 1 unspecified atom stereocenters. The fourth-order valence-electron chi connectivity index (χ4n) is 3.02. The quantitative estimate of drug-likeness (QED) is 0.744. The molecule has 0 aromatic carbocycles. The van der Waals surface area contributed by atoms with Crippen LogP contribution in [0.4, 0.5) is 0 Å². The normalized spacial score (nSPS) is 28.6. The second-order valence-corrected chi connectivity index (χ2v) is 6.20. The van der Waals surface area contributed by atoms with Gasteiger partial charge in [0.15, 0.2) is 0 Å². The van der Waals surface area contributed by atoms with E-state index >= 15 is 0 Å². The SMILES string of the molecule is CC(=O)N1CCN(C(=O)CN2CCCC(C)(O)C2)CC1. The van der Waals surface area contributed by atoms with Gasteiger partial charge in [-0.2, -0.15) is 0 Å². The third-order valence-electron chi connectivity index (χ3n) is 4.19. The lowest BCUT2D eigenvalue weighted by Gasteiger charge is -2.39. The van der Waals surface area contributed by atoms with Gasteiger partial charge in [-0.3, -0.25) is 14.5 Å². The van der Waals surface area contributed by atoms with E-state index in [2.05, 4.69) is 0 Å². The van der Waals surface area contributed by atoms with Gasteiger partial charge in [0.1, 0.15) is 0 Å². The molecule has 2 heterocycles. The van der Waals surface area contributed by atoms with Crippen LogP contribution in [0.3, 0.4) is 0 Å². The van der Waals surface area contributed by atoms with Crippen LogP contribution in [0.5, 0.6) is 0 Å². The zero-order valence-corrected chi connectivity index (χ0v) is 12.5. The number of piperazine rings is 1. The fraction of sp³-hybridized carbons (Fsp3) is 0.857. The Bertz CT molecular complexity index is 376. The Hall–Kier alpha value is -1.14. The number of hydrogen-bond donors (Lipinski definition) is 1. The number of amides is 2. The zero-order chi connectivity index (χ0) is 14.8. The second-order valence-electron chi connectivity index (χ2n) is 6.20. The van der Waals surface area contributed by atoms with Crippen molar-refractivity contribution in [3.05, 3.63) is 0 Å². The smallest absolute Gasteiger partial charge is 0.236 e. The van der Waals surface area contributed by atoms with E-state index in [9.17, 15) is 14.7 Å². The summed E-state index contributed by atoms with van der Waals surface area (Å²) in [6, 6.07) is 0. The Morgan fingerprint density at radius 2 is 1.70 bits per heavy atom. The van der Waals surface area contributed by atoms with Gasteiger partial charge in [0.2, 0.25) is 11.8 Å². The molecule has 1 atom stereocenters. The van der Waals surface area contributed by atoms with Gasteiger partial charge in [-0.25, -0.2) is 0 Å². The summed E-state index contributed by atoms with van der Waals surface area (Å²) in [5, 5.41) is 10.1. The Balaban J connectivity index is 1.79. The Morgan fingerprint density at radius 1 is 1.10 bits per heavy atom. The van der Waals surface area contributed by atoms with Crippen LogP contribution in [0.15, 0.2) is 0 Å². The predicted octanol–water partition coefficient (Wildman–Crippen LogP) is -0.476. The number of carbonyl (C=O) groups excluding carboxylic acids is 2. The van der Waals surface area contributed by atoms with Crippen LogP contribution in [0.2, 0.25) is 0 Å². The van der Waals surface area contributed by atoms with Crippen LogP contribution in [0.1, 0.15) is 26.7 Å². The Kier molecular flexibility index (Phi) is 4.65. The molecule has 6 nitrogen and oxygen atoms in total. The Morgan fingerprint density at radius 3 is 2.25 bits per heavy atom. The third-order valence-corrected chi connectivity index (χ3v) is 4.19. The average molecular weight is 283 g/mol. The molecule has 0 spiro atoms. The monoisotopic (exact) mass is 283 g/mol. The summed E-state index contributed by atoms with van der Waals surface area (Å²) in [7, 11) is 0. The minimum atomic E-state index is -0.675. The van der Waals surface area contributed by atoms with Crippen molar-refractivity contribution >= 4 is 11.8 Å². The number of β-amino-alcohol motifs (C(OH)–C–C–N with tert-alkyl or cyclic N) is 1. The lowest BCUT2D eigenvalue weighted by molar-refractivity contribution is -0.140. The molecule has 0 aliphatic carbocycles. The molecular formula is C14H25N3O3. The molecule has 114 valence electrons. The minimum absolute atomic E-state index is 0.0733. The van der Waals surface area contributed by atoms with Gasteiger partial charge in [-0.05, 0) is 26.3 Å². The summed E-state index contributed by atoms with van der Waals surface area (Å²) in [6.07, 6.45) is 1.73. The number of carbonyl (C=O) groups is 2. The van der Waals surface area contributed by atoms with E-state index in [1.54, 1.807) is 11.8 Å². The van der Waals surface area contributed by atoms with Crippen LogP contribution in [-0.2, 0) is 9.59 Å². The summed E-state index contributed by atoms with van der Waals surface area (Å²) in [5.74, 6) is 0.176. The van der Waals surface area contributed by atoms with E-state index in [4.69, 9.17) is 0 Å². The molecule has 0 aromatic rings. The minimum Gasteiger partial charge on any atom is -0.389 e. The molecule has 2 fully saturated rings. The van der Waals surface area contributed by atoms with Gasteiger partial charge in [0.05, 0.1) is 12.1 Å². The van der Waals surface area contributed by atoms with Crippen LogP contribution < -0.4 is 0 Å². The summed E-state index contributed by atoms with van der Waals surface area (Å²) in [4.78, 5) is 29.1. The van der Waals surface area contributed by atoms with Crippen LogP contribution in [0.25, 0.3) is 0 Å². The van der Waals surface area contributed by atoms with Crippen molar-refractivity contribution in [3.63, 3.8) is 0 Å². The number of nitrogens with zero attached hydrogens (tertiary/aromatic N) is 3. The van der Waals surface area contributed by atoms with E-state index in [1.165, 1.54) is 0 Å². The van der Waals surface area contributed by atoms with Gasteiger partial charge < -0.3 is 14.9 Å². The standard InChI is InChI=1S/C14H25N3O3/c1-12(18)16-6-8-17(9-7-16)13(19)10-15-5-3-4-14(2,20)11-15/h20H,3-11H2,1-2H3. The van der Waals surface area contributed by atoms with Gasteiger partial charge in [0.25, 0.3) is 0 Å². The molecule has 2 aliphatic rings. The zero-order valence-electron chi connectivity index (χ0n) is 12.5. The molecule has 2 saturated heterocycles. The fourth-order valence-corrected chi connectivity index (χ4v) is 3.02. The summed E-state index contributed by atoms with van der Waals surface area (Å²) in [5.41, 5.74) is -0.675. The van der Waals surface area contributed by atoms with Gasteiger partial charge in [-0.15, -0.1) is 0 Å². The highest BCUT2D eigenvalue weighted by molar-refractivity contribution is 5.79. The van der Waals surface area contributed by atoms with Crippen molar-refractivity contribution in [1.82, 2.24) is 14.7 Å². The van der Waals surface area contributed by atoms with Crippen molar-refractivity contribution in [1.29, 1.82) is 0 Å². The summed E-state index contributed by atoms with van der Waals surface area (Å²) in [6.45, 7) is 7.67. The van der Waals surface area contributed by atoms with Gasteiger partial charge in [0, 0.05) is 39.6 Å². The summed E-state index contributed by atoms with van der Waals surface area (Å²) >= 11 is 0. The van der Waals surface area contributed by atoms with E-state index in [0.717, 1.165) is 19.4 Å². The molecule has 1 N–H and O–H groups in total. The molecule has 0 radical (unpaired) electrons. The largest absolute Gasteiger partial charge is 0.389 e. The maximum atomic E-state index is 12.3. The Labute approximate surface area is 120 Å². The maximum Gasteiger partial charge on any atom is 0.236 e. The molecule has 0 saturated carbocycles. The van der Waals surface area contributed by atoms with Crippen LogP contribution in [0, 0.1) is 0 Å². The first-order valence-corrected chi connectivity index (χ1v) is 7.35. The highest BCUT2D eigenvalue weighted by Gasteiger charge is 2.30. The molecule has 20 heavy (non-hydrogen) atoms. The highest BCUT2D eigenvalue weighted by Crippen LogP contribution is 2.20. The third kappa shape index (κ3) is 3.93. The highest BCUT2D eigenvalue weighted by atomic mass is 16.3. The molecule has 0 aromatic heterocycles. The molecule has 2 amide bonds. The number of aliphatic hydroxyl groups is 1. The van der Waals surface area contributed by atoms with Crippen LogP contribution >= 0.6 is 0 Å². The van der Waals surface area contributed by atoms with E-state index < -0.39 is 5.60 Å². The molecule has 2 rings (SSSR count). The van der Waals surface area contributed by atoms with Crippen molar-refractivity contribution in [2.75, 3.05) is 45.8 Å². The van der Waals surface area contributed by atoms with E-state index in [-0.39, 0.29) is 11.8 Å². The van der Waals surface area contributed by atoms with Crippen LogP contribution in [-0.4, -0.2) is 83.0 Å². The molecule has 2 aliphatic heterocycles. The average Bonchev–Trinajstić information content (AvgIpc) is 2.37. The van der Waals surface area contributed by atoms with Crippen molar-refractivity contribution in [3.8, 4) is 0 Å². The lowest BCUT2D eigenvalue weighted by Crippen LogP contribution is -2.54. The van der Waals surface area contributed by atoms with Gasteiger partial charge in [-0.1, -0.05) is 0 Å². The lowest BCUT2D eigenvalue weighted by atomic mass is 9.95. The summed E-state index contributed by atoms with van der Waals surface area (Å²) < 4.78 is 0. The van der Waals surface area contributed by atoms with E-state index in [1.807, 2.05) is 16.7 Å². The first-order chi connectivity index (χ1) is 9.37. The van der Waals surface area contributed by atoms with E-state index in [0.29, 0.717) is 39.3 Å². The number of hydrogen-bond acceptors (Lipinski definition) is 4. The van der Waals surface area contributed by atoms with Crippen molar-refractivity contribution < 1.29 is 14.7 Å². The molecular weight excluding hydrogens is 258 g/mol. The van der Waals surface area contributed by atoms with Gasteiger partial charge >= 0.3 is 0 Å². The topological polar surface area (TPSA) is 64.1 Å². The number of piperidine rings is 1. The first kappa shape index (κ1) is 15.3. The number of likely N-dealkylation sites (tertiary alicyclic amines) is 1. The van der Waals surface area contributed by atoms with Crippen molar-refractivity contribution in [2.45, 2.75) is 32.3 Å². The second kappa shape index (κ2) is 6.10. The molecule has 6 heteroatoms. The first-order valence-electron chi connectivity index (χ1n) is 7.35.